The van der Waals surface area contributed by atoms with E-state index >= 15 is 0 Å². The molecule has 0 saturated heterocycles. The van der Waals surface area contributed by atoms with Crippen molar-refractivity contribution < 1.29 is 22.4 Å². The second kappa shape index (κ2) is 13.6. The third kappa shape index (κ3) is 7.53. The Labute approximate surface area is 247 Å². The van der Waals surface area contributed by atoms with Crippen LogP contribution in [0, 0.1) is 5.82 Å². The first-order valence-electron chi connectivity index (χ1n) is 13.9. The van der Waals surface area contributed by atoms with Gasteiger partial charge in [-0.3, -0.25) is 13.9 Å². The number of carbonyl (C=O) groups is 2. The maximum absolute atomic E-state index is 14.9. The van der Waals surface area contributed by atoms with Gasteiger partial charge in [0.25, 0.3) is 0 Å². The normalized spacial score (nSPS) is 12.9. The van der Waals surface area contributed by atoms with E-state index in [-0.39, 0.29) is 24.6 Å². The van der Waals surface area contributed by atoms with Gasteiger partial charge < -0.3 is 10.2 Å². The number of halogens is 1. The second-order valence-corrected chi connectivity index (χ2v) is 12.3. The summed E-state index contributed by atoms with van der Waals surface area (Å²) in [6, 6.07) is 26.7. The van der Waals surface area contributed by atoms with E-state index in [1.807, 2.05) is 62.4 Å². The molecule has 220 valence electrons. The van der Waals surface area contributed by atoms with Crippen LogP contribution in [0.1, 0.15) is 31.4 Å². The van der Waals surface area contributed by atoms with Gasteiger partial charge in [0.1, 0.15) is 18.4 Å². The molecule has 4 aromatic rings. The lowest BCUT2D eigenvalue weighted by Crippen LogP contribution is -2.54. The van der Waals surface area contributed by atoms with E-state index in [1.54, 1.807) is 42.5 Å². The zero-order chi connectivity index (χ0) is 30.3. The number of rotatable bonds is 12. The summed E-state index contributed by atoms with van der Waals surface area (Å²) in [6.07, 6.45) is 1.88. The van der Waals surface area contributed by atoms with Crippen LogP contribution in [0.2, 0.25) is 0 Å². The highest BCUT2D eigenvalue weighted by molar-refractivity contribution is 7.92. The molecule has 0 spiro atoms. The van der Waals surface area contributed by atoms with Crippen molar-refractivity contribution in [1.29, 1.82) is 0 Å². The Morgan fingerprint density at radius 2 is 1.52 bits per heavy atom. The fraction of sp³-hybridized carbons (Fsp3) is 0.273. The minimum absolute atomic E-state index is 0.163. The van der Waals surface area contributed by atoms with Gasteiger partial charge in [-0.1, -0.05) is 91.9 Å². The summed E-state index contributed by atoms with van der Waals surface area (Å²) < 4.78 is 42.3. The smallest absolute Gasteiger partial charge is 0.244 e. The number of sulfonamides is 1. The molecular weight excluding hydrogens is 553 g/mol. The zero-order valence-corrected chi connectivity index (χ0v) is 24.9. The lowest BCUT2D eigenvalue weighted by molar-refractivity contribution is -0.140. The summed E-state index contributed by atoms with van der Waals surface area (Å²) in [5, 5.41) is 4.44. The Morgan fingerprint density at radius 3 is 2.21 bits per heavy atom. The summed E-state index contributed by atoms with van der Waals surface area (Å²) in [6.45, 7) is 3.02. The van der Waals surface area contributed by atoms with Crippen LogP contribution in [-0.4, -0.2) is 50.0 Å². The fourth-order valence-electron chi connectivity index (χ4n) is 4.83. The van der Waals surface area contributed by atoms with Crippen LogP contribution < -0.4 is 9.62 Å². The van der Waals surface area contributed by atoms with Crippen molar-refractivity contribution in [3.63, 3.8) is 0 Å². The van der Waals surface area contributed by atoms with Gasteiger partial charge in [-0.05, 0) is 36.4 Å². The summed E-state index contributed by atoms with van der Waals surface area (Å²) in [7, 11) is -3.94. The van der Waals surface area contributed by atoms with Gasteiger partial charge in [0, 0.05) is 30.0 Å². The van der Waals surface area contributed by atoms with Crippen LogP contribution in [0.25, 0.3) is 10.8 Å². The number of hydrogen-bond donors (Lipinski definition) is 1. The number of fused-ring (bicyclic) bond motifs is 1. The lowest BCUT2D eigenvalue weighted by atomic mass is 10.0. The molecule has 0 aliphatic heterocycles. The quantitative estimate of drug-likeness (QED) is 0.243. The summed E-state index contributed by atoms with van der Waals surface area (Å²) in [4.78, 5) is 29.3. The van der Waals surface area contributed by atoms with Crippen molar-refractivity contribution >= 4 is 38.3 Å². The van der Waals surface area contributed by atoms with Gasteiger partial charge in [-0.2, -0.15) is 0 Å². The van der Waals surface area contributed by atoms with E-state index in [1.165, 1.54) is 11.0 Å². The topological polar surface area (TPSA) is 86.8 Å². The first kappa shape index (κ1) is 30.7. The minimum Gasteiger partial charge on any atom is -0.352 e. The molecule has 2 amide bonds. The zero-order valence-electron chi connectivity index (χ0n) is 24.0. The molecule has 4 rings (SSSR count). The summed E-state index contributed by atoms with van der Waals surface area (Å²) in [5.74, 6) is -1.55. The second-order valence-electron chi connectivity index (χ2n) is 10.4. The highest BCUT2D eigenvalue weighted by Crippen LogP contribution is 2.29. The van der Waals surface area contributed by atoms with Crippen LogP contribution in [-0.2, 0) is 32.6 Å². The van der Waals surface area contributed by atoms with Crippen molar-refractivity contribution in [2.75, 3.05) is 17.1 Å². The number of anilines is 1. The highest BCUT2D eigenvalue weighted by atomic mass is 32.2. The third-order valence-electron chi connectivity index (χ3n) is 7.29. The van der Waals surface area contributed by atoms with Crippen molar-refractivity contribution in [1.82, 2.24) is 10.2 Å². The van der Waals surface area contributed by atoms with Gasteiger partial charge in [0.15, 0.2) is 0 Å². The van der Waals surface area contributed by atoms with Crippen LogP contribution in [0.15, 0.2) is 97.1 Å². The van der Waals surface area contributed by atoms with E-state index in [9.17, 15) is 22.4 Å². The lowest BCUT2D eigenvalue weighted by Gasteiger charge is -2.34. The van der Waals surface area contributed by atoms with E-state index < -0.39 is 40.2 Å². The number of nitrogens with one attached hydrogen (secondary N) is 1. The molecule has 2 atom stereocenters. The van der Waals surface area contributed by atoms with Crippen LogP contribution in [0.4, 0.5) is 10.1 Å². The van der Waals surface area contributed by atoms with Gasteiger partial charge >= 0.3 is 0 Å². The maximum Gasteiger partial charge on any atom is 0.244 e. The van der Waals surface area contributed by atoms with E-state index in [2.05, 4.69) is 5.32 Å². The van der Waals surface area contributed by atoms with Gasteiger partial charge in [0.05, 0.1) is 11.9 Å². The van der Waals surface area contributed by atoms with E-state index in [0.717, 1.165) is 21.5 Å². The SMILES string of the molecule is CC[C@@H](C)NC(=O)[C@H](Cc1ccccc1)N(Cc1ccccc1F)C(=O)CN(c1cccc2ccccc12)S(C)(=O)=O. The Morgan fingerprint density at radius 1 is 0.881 bits per heavy atom. The predicted molar refractivity (Wildman–Crippen MR) is 165 cm³/mol. The number of amides is 2. The third-order valence-corrected chi connectivity index (χ3v) is 8.41. The average molecular weight is 590 g/mol. The first-order chi connectivity index (χ1) is 20.1. The molecule has 1 N–H and O–H groups in total. The van der Waals surface area contributed by atoms with E-state index in [4.69, 9.17) is 0 Å². The van der Waals surface area contributed by atoms with Crippen LogP contribution in [0.5, 0.6) is 0 Å². The fourth-order valence-corrected chi connectivity index (χ4v) is 5.69. The van der Waals surface area contributed by atoms with Gasteiger partial charge in [-0.15, -0.1) is 0 Å². The summed E-state index contributed by atoms with van der Waals surface area (Å²) >= 11 is 0. The maximum atomic E-state index is 14.9. The minimum atomic E-state index is -3.94. The Balaban J connectivity index is 1.79. The van der Waals surface area contributed by atoms with Crippen LogP contribution >= 0.6 is 0 Å². The Kier molecular flexibility index (Phi) is 9.96. The number of hydrogen-bond acceptors (Lipinski definition) is 4. The standard InChI is InChI=1S/C33H36FN3O4S/c1-4-24(2)35-33(39)31(21-25-13-6-5-7-14-25)36(22-27-16-9-11-19-29(27)34)32(38)23-37(42(3,40)41)30-20-12-17-26-15-8-10-18-28(26)30/h5-20,24,31H,4,21-23H2,1-3H3,(H,35,39)/t24-,31+/m1/s1. The largest absolute Gasteiger partial charge is 0.352 e. The van der Waals surface area contributed by atoms with Crippen molar-refractivity contribution in [2.45, 2.75) is 45.3 Å². The number of carbonyl (C=O) groups excluding carboxylic acids is 2. The van der Waals surface area contributed by atoms with Crippen LogP contribution in [0.3, 0.4) is 0 Å². The Bertz CT molecular complexity index is 1640. The molecule has 4 aromatic carbocycles. The van der Waals surface area contributed by atoms with Gasteiger partial charge in [0.2, 0.25) is 21.8 Å². The molecule has 0 radical (unpaired) electrons. The first-order valence-corrected chi connectivity index (χ1v) is 15.8. The molecule has 0 aliphatic rings. The number of nitrogens with zero attached hydrogens (tertiary/aromatic N) is 2. The van der Waals surface area contributed by atoms with Crippen molar-refractivity contribution in [3.05, 3.63) is 114 Å². The highest BCUT2D eigenvalue weighted by Gasteiger charge is 2.34. The molecule has 0 unspecified atom stereocenters. The van der Waals surface area contributed by atoms with Crippen molar-refractivity contribution in [3.8, 4) is 0 Å². The molecule has 0 heterocycles. The van der Waals surface area contributed by atoms with Gasteiger partial charge in [-0.25, -0.2) is 12.8 Å². The van der Waals surface area contributed by atoms with Crippen molar-refractivity contribution in [2.24, 2.45) is 0 Å². The average Bonchev–Trinajstić information content (AvgIpc) is 2.98. The molecule has 9 heteroatoms. The molecule has 0 fully saturated rings. The van der Waals surface area contributed by atoms with E-state index in [0.29, 0.717) is 17.5 Å². The predicted octanol–water partition coefficient (Wildman–Crippen LogP) is 5.30. The molecule has 42 heavy (non-hydrogen) atoms. The summed E-state index contributed by atoms with van der Waals surface area (Å²) in [5.41, 5.74) is 1.37. The molecule has 0 aliphatic carbocycles. The molecular formula is C33H36FN3O4S. The molecule has 0 saturated carbocycles. The number of benzene rings is 4. The Hall–Kier alpha value is -4.24. The molecule has 0 aromatic heterocycles. The molecule has 7 nitrogen and oxygen atoms in total. The molecule has 0 bridgehead atoms. The monoisotopic (exact) mass is 589 g/mol.